The van der Waals surface area contributed by atoms with Crippen molar-refractivity contribution < 1.29 is 5.11 Å². The number of aliphatic hydroxyl groups excluding tert-OH is 1. The van der Waals surface area contributed by atoms with Crippen molar-refractivity contribution in [3.05, 3.63) is 11.9 Å². The molecule has 6 nitrogen and oxygen atoms in total. The van der Waals surface area contributed by atoms with Crippen molar-refractivity contribution >= 4 is 11.6 Å². The molecule has 2 heterocycles. The molecule has 2 unspecified atom stereocenters. The number of hydrazine groups is 1. The van der Waals surface area contributed by atoms with Gasteiger partial charge in [-0.05, 0) is 26.2 Å². The van der Waals surface area contributed by atoms with Gasteiger partial charge in [0, 0.05) is 24.6 Å². The maximum atomic E-state index is 9.63. The standard InChI is InChI=1S/C14H25N5O/c1-9(2)14-16-12(18-15)8-13(17-14)19-6-4-5-11(19)7-10(3)20/h8-11,20H,4-7,15H2,1-3H3,(H,16,17,18). The SMILES string of the molecule is CC(O)CC1CCCN1c1cc(NN)nc(C(C)C)n1. The van der Waals surface area contributed by atoms with E-state index in [1.165, 1.54) is 0 Å². The predicted molar refractivity (Wildman–Crippen MR) is 80.6 cm³/mol. The third kappa shape index (κ3) is 3.37. The van der Waals surface area contributed by atoms with Crippen LogP contribution in [0.3, 0.4) is 0 Å². The van der Waals surface area contributed by atoms with Crippen molar-refractivity contribution in [1.29, 1.82) is 0 Å². The smallest absolute Gasteiger partial charge is 0.145 e. The maximum absolute atomic E-state index is 9.63. The molecule has 1 aromatic rings. The maximum Gasteiger partial charge on any atom is 0.145 e. The first-order valence-electron chi connectivity index (χ1n) is 7.31. The van der Waals surface area contributed by atoms with Gasteiger partial charge in [0.2, 0.25) is 0 Å². The Morgan fingerprint density at radius 1 is 1.45 bits per heavy atom. The Balaban J connectivity index is 2.28. The van der Waals surface area contributed by atoms with Gasteiger partial charge < -0.3 is 15.4 Å². The van der Waals surface area contributed by atoms with E-state index < -0.39 is 0 Å². The average molecular weight is 279 g/mol. The Labute approximate surface area is 120 Å². The molecule has 2 atom stereocenters. The summed E-state index contributed by atoms with van der Waals surface area (Å²) in [5.74, 6) is 8.09. The summed E-state index contributed by atoms with van der Waals surface area (Å²) in [6, 6.07) is 2.22. The van der Waals surface area contributed by atoms with Gasteiger partial charge >= 0.3 is 0 Å². The number of nitrogens with zero attached hydrogens (tertiary/aromatic N) is 3. The van der Waals surface area contributed by atoms with Crippen molar-refractivity contribution in [3.8, 4) is 0 Å². The Kier molecular flexibility index (Phi) is 4.77. The predicted octanol–water partition coefficient (Wildman–Crippen LogP) is 1.63. The van der Waals surface area contributed by atoms with Crippen LogP contribution in [-0.2, 0) is 0 Å². The van der Waals surface area contributed by atoms with Crippen LogP contribution in [-0.4, -0.2) is 33.8 Å². The quantitative estimate of drug-likeness (QED) is 0.561. The van der Waals surface area contributed by atoms with Crippen molar-refractivity contribution in [2.45, 2.75) is 58.1 Å². The number of hydrogen-bond donors (Lipinski definition) is 3. The first-order valence-corrected chi connectivity index (χ1v) is 7.31. The fourth-order valence-corrected chi connectivity index (χ4v) is 2.71. The van der Waals surface area contributed by atoms with Crippen LogP contribution < -0.4 is 16.2 Å². The van der Waals surface area contributed by atoms with Gasteiger partial charge in [-0.2, -0.15) is 0 Å². The molecule has 2 rings (SSSR count). The minimum Gasteiger partial charge on any atom is -0.393 e. The highest BCUT2D eigenvalue weighted by atomic mass is 16.3. The summed E-state index contributed by atoms with van der Waals surface area (Å²) >= 11 is 0. The second-order valence-corrected chi connectivity index (χ2v) is 5.84. The van der Waals surface area contributed by atoms with Gasteiger partial charge in [0.05, 0.1) is 6.10 Å². The van der Waals surface area contributed by atoms with E-state index in [4.69, 9.17) is 5.84 Å². The molecule has 1 aromatic heterocycles. The van der Waals surface area contributed by atoms with Gasteiger partial charge in [-0.25, -0.2) is 15.8 Å². The van der Waals surface area contributed by atoms with Gasteiger partial charge in [0.1, 0.15) is 17.5 Å². The Morgan fingerprint density at radius 2 is 2.20 bits per heavy atom. The molecule has 0 amide bonds. The number of nitrogen functional groups attached to an aromatic ring is 1. The normalized spacial score (nSPS) is 20.5. The molecule has 4 N–H and O–H groups in total. The third-order valence-corrected chi connectivity index (χ3v) is 3.68. The number of rotatable bonds is 5. The van der Waals surface area contributed by atoms with E-state index in [0.29, 0.717) is 11.9 Å². The second-order valence-electron chi connectivity index (χ2n) is 5.84. The van der Waals surface area contributed by atoms with E-state index in [1.807, 2.05) is 13.0 Å². The summed E-state index contributed by atoms with van der Waals surface area (Å²) in [5, 5.41) is 9.63. The summed E-state index contributed by atoms with van der Waals surface area (Å²) in [6.07, 6.45) is 2.70. The largest absolute Gasteiger partial charge is 0.393 e. The molecule has 0 aromatic carbocycles. The van der Waals surface area contributed by atoms with Gasteiger partial charge in [-0.3, -0.25) is 0 Å². The van der Waals surface area contributed by atoms with E-state index in [1.54, 1.807) is 0 Å². The van der Waals surface area contributed by atoms with Crippen LogP contribution >= 0.6 is 0 Å². The van der Waals surface area contributed by atoms with E-state index in [9.17, 15) is 5.11 Å². The summed E-state index contributed by atoms with van der Waals surface area (Å²) in [4.78, 5) is 11.3. The van der Waals surface area contributed by atoms with Crippen LogP contribution in [0.25, 0.3) is 0 Å². The average Bonchev–Trinajstić information content (AvgIpc) is 2.85. The highest BCUT2D eigenvalue weighted by Gasteiger charge is 2.27. The minimum absolute atomic E-state index is 0.250. The molecule has 0 radical (unpaired) electrons. The first-order chi connectivity index (χ1) is 9.51. The molecule has 112 valence electrons. The third-order valence-electron chi connectivity index (χ3n) is 3.68. The van der Waals surface area contributed by atoms with Gasteiger partial charge in [0.15, 0.2) is 0 Å². The van der Waals surface area contributed by atoms with Crippen LogP contribution in [0.5, 0.6) is 0 Å². The van der Waals surface area contributed by atoms with Crippen LogP contribution in [0.15, 0.2) is 6.07 Å². The zero-order valence-corrected chi connectivity index (χ0v) is 12.5. The Bertz CT molecular complexity index is 449. The number of aliphatic hydroxyl groups is 1. The fraction of sp³-hybridized carbons (Fsp3) is 0.714. The van der Waals surface area contributed by atoms with E-state index >= 15 is 0 Å². The Morgan fingerprint density at radius 3 is 2.80 bits per heavy atom. The molecular formula is C14H25N5O. The minimum atomic E-state index is -0.292. The topological polar surface area (TPSA) is 87.3 Å². The Hall–Kier alpha value is -1.40. The highest BCUT2D eigenvalue weighted by Crippen LogP contribution is 2.29. The lowest BCUT2D eigenvalue weighted by Crippen LogP contribution is -2.33. The lowest BCUT2D eigenvalue weighted by Gasteiger charge is -2.27. The molecule has 6 heteroatoms. The molecule has 1 fully saturated rings. The zero-order chi connectivity index (χ0) is 14.7. The zero-order valence-electron chi connectivity index (χ0n) is 12.5. The summed E-state index contributed by atoms with van der Waals surface area (Å²) in [6.45, 7) is 6.94. The molecule has 0 aliphatic carbocycles. The van der Waals surface area contributed by atoms with Gasteiger partial charge in [0.25, 0.3) is 0 Å². The first kappa shape index (κ1) is 15.0. The van der Waals surface area contributed by atoms with Crippen molar-refractivity contribution in [2.24, 2.45) is 5.84 Å². The van der Waals surface area contributed by atoms with E-state index in [2.05, 4.69) is 34.1 Å². The van der Waals surface area contributed by atoms with Gasteiger partial charge in [-0.1, -0.05) is 13.8 Å². The summed E-state index contributed by atoms with van der Waals surface area (Å²) in [5.41, 5.74) is 2.61. The van der Waals surface area contributed by atoms with Crippen LogP contribution in [0.1, 0.15) is 51.8 Å². The number of nitrogens with one attached hydrogen (secondary N) is 1. The van der Waals surface area contributed by atoms with Crippen molar-refractivity contribution in [2.75, 3.05) is 16.9 Å². The van der Waals surface area contributed by atoms with Crippen LogP contribution in [0, 0.1) is 0 Å². The number of aromatic nitrogens is 2. The lowest BCUT2D eigenvalue weighted by atomic mass is 10.1. The molecule has 1 saturated heterocycles. The van der Waals surface area contributed by atoms with Crippen molar-refractivity contribution in [1.82, 2.24) is 9.97 Å². The lowest BCUT2D eigenvalue weighted by molar-refractivity contribution is 0.175. The molecule has 20 heavy (non-hydrogen) atoms. The molecule has 0 saturated carbocycles. The molecule has 0 spiro atoms. The second kappa shape index (κ2) is 6.37. The highest BCUT2D eigenvalue weighted by molar-refractivity contribution is 5.50. The van der Waals surface area contributed by atoms with Crippen LogP contribution in [0.4, 0.5) is 11.6 Å². The number of nitrogens with two attached hydrogens (primary N) is 1. The fourth-order valence-electron chi connectivity index (χ4n) is 2.71. The number of hydrogen-bond acceptors (Lipinski definition) is 6. The summed E-state index contributed by atoms with van der Waals surface area (Å²) < 4.78 is 0. The van der Waals surface area contributed by atoms with Crippen molar-refractivity contribution in [3.63, 3.8) is 0 Å². The molecule has 1 aliphatic rings. The van der Waals surface area contributed by atoms with Gasteiger partial charge in [-0.15, -0.1) is 0 Å². The molecular weight excluding hydrogens is 254 g/mol. The number of anilines is 2. The van der Waals surface area contributed by atoms with E-state index in [0.717, 1.165) is 37.4 Å². The van der Waals surface area contributed by atoms with Crippen LogP contribution in [0.2, 0.25) is 0 Å². The summed E-state index contributed by atoms with van der Waals surface area (Å²) in [7, 11) is 0. The van der Waals surface area contributed by atoms with E-state index in [-0.39, 0.29) is 12.0 Å². The molecule has 0 bridgehead atoms. The molecule has 1 aliphatic heterocycles. The monoisotopic (exact) mass is 279 g/mol.